The summed E-state index contributed by atoms with van der Waals surface area (Å²) in [6, 6.07) is 14.6. The van der Waals surface area contributed by atoms with Gasteiger partial charge >= 0.3 is 0 Å². The van der Waals surface area contributed by atoms with Crippen molar-refractivity contribution in [1.82, 2.24) is 4.98 Å². The number of hydrogen-bond acceptors (Lipinski definition) is 4. The molecule has 1 heterocycles. The summed E-state index contributed by atoms with van der Waals surface area (Å²) in [6.45, 7) is 2.09. The Bertz CT molecular complexity index is 729. The Morgan fingerprint density at radius 2 is 1.80 bits per heavy atom. The van der Waals surface area contributed by atoms with Crippen LogP contribution >= 0.6 is 11.3 Å². The van der Waals surface area contributed by atoms with Crippen LogP contribution in [-0.2, 0) is 0 Å². The minimum Gasteiger partial charge on any atom is -0.378 e. The predicted molar refractivity (Wildman–Crippen MR) is 88.4 cm³/mol. The molecule has 3 nitrogen and oxygen atoms in total. The summed E-state index contributed by atoms with van der Waals surface area (Å²) < 4.78 is 1.22. The van der Waals surface area contributed by atoms with Gasteiger partial charge in [0.25, 0.3) is 0 Å². The smallest absolute Gasteiger partial charge is 0.188 e. The van der Waals surface area contributed by atoms with Gasteiger partial charge in [-0.15, -0.1) is 0 Å². The maximum absolute atomic E-state index is 4.66. The van der Waals surface area contributed by atoms with Gasteiger partial charge in [-0.2, -0.15) is 0 Å². The summed E-state index contributed by atoms with van der Waals surface area (Å²) in [5.41, 5.74) is 4.56. The summed E-state index contributed by atoms with van der Waals surface area (Å²) in [6.07, 6.45) is 0. The zero-order valence-electron chi connectivity index (χ0n) is 11.8. The Hall–Kier alpha value is -2.07. The fourth-order valence-corrected chi connectivity index (χ4v) is 3.07. The van der Waals surface area contributed by atoms with Gasteiger partial charge < -0.3 is 10.2 Å². The molecule has 0 aliphatic rings. The standard InChI is InChI=1S/C16H17N3S/c1-11-5-4-6-14-15(11)18-16(20-14)17-12-7-9-13(10-8-12)19(2)3/h4-10H,1-3H3,(H,17,18). The third-order valence-electron chi connectivity index (χ3n) is 3.26. The number of hydrogen-bond donors (Lipinski definition) is 1. The SMILES string of the molecule is Cc1cccc2sc(Nc3ccc(N(C)C)cc3)nc12. The molecule has 0 spiro atoms. The van der Waals surface area contributed by atoms with Gasteiger partial charge in [0.15, 0.2) is 5.13 Å². The van der Waals surface area contributed by atoms with Crippen molar-refractivity contribution in [2.75, 3.05) is 24.3 Å². The average molecular weight is 283 g/mol. The summed E-state index contributed by atoms with van der Waals surface area (Å²) in [5.74, 6) is 0. The van der Waals surface area contributed by atoms with E-state index in [-0.39, 0.29) is 0 Å². The summed E-state index contributed by atoms with van der Waals surface area (Å²) >= 11 is 1.68. The number of nitrogens with zero attached hydrogens (tertiary/aromatic N) is 2. The number of thiazole rings is 1. The van der Waals surface area contributed by atoms with Gasteiger partial charge in [-0.1, -0.05) is 23.5 Å². The normalized spacial score (nSPS) is 10.8. The summed E-state index contributed by atoms with van der Waals surface area (Å²) in [7, 11) is 4.08. The van der Waals surface area contributed by atoms with Crippen molar-refractivity contribution in [2.24, 2.45) is 0 Å². The van der Waals surface area contributed by atoms with E-state index in [9.17, 15) is 0 Å². The molecule has 3 aromatic rings. The second-order valence-corrected chi connectivity index (χ2v) is 6.04. The molecular formula is C16H17N3S. The Labute approximate surface area is 122 Å². The third kappa shape index (κ3) is 2.47. The van der Waals surface area contributed by atoms with E-state index in [0.29, 0.717) is 0 Å². The highest BCUT2D eigenvalue weighted by Crippen LogP contribution is 2.30. The fourth-order valence-electron chi connectivity index (χ4n) is 2.11. The topological polar surface area (TPSA) is 28.2 Å². The molecule has 0 bridgehead atoms. The molecule has 0 radical (unpaired) electrons. The van der Waals surface area contributed by atoms with Crippen LogP contribution in [-0.4, -0.2) is 19.1 Å². The molecule has 0 aliphatic heterocycles. The lowest BCUT2D eigenvalue weighted by Gasteiger charge is -2.12. The van der Waals surface area contributed by atoms with Gasteiger partial charge in [-0.05, 0) is 42.8 Å². The van der Waals surface area contributed by atoms with E-state index in [1.165, 1.54) is 16.0 Å². The van der Waals surface area contributed by atoms with Gasteiger partial charge in [0.1, 0.15) is 0 Å². The van der Waals surface area contributed by atoms with Crippen molar-refractivity contribution in [1.29, 1.82) is 0 Å². The highest BCUT2D eigenvalue weighted by Gasteiger charge is 2.06. The first kappa shape index (κ1) is 12.9. The molecule has 1 N–H and O–H groups in total. The molecular weight excluding hydrogens is 266 g/mol. The Morgan fingerprint density at radius 3 is 2.45 bits per heavy atom. The minimum absolute atomic E-state index is 0.937. The lowest BCUT2D eigenvalue weighted by molar-refractivity contribution is 1.13. The van der Waals surface area contributed by atoms with Gasteiger partial charge in [0.05, 0.1) is 10.2 Å². The number of rotatable bonds is 3. The molecule has 0 fully saturated rings. The second-order valence-electron chi connectivity index (χ2n) is 5.01. The Morgan fingerprint density at radius 1 is 1.05 bits per heavy atom. The third-order valence-corrected chi connectivity index (χ3v) is 4.19. The van der Waals surface area contributed by atoms with Crippen molar-refractivity contribution < 1.29 is 0 Å². The number of nitrogens with one attached hydrogen (secondary N) is 1. The first-order valence-corrected chi connectivity index (χ1v) is 7.36. The molecule has 0 aliphatic carbocycles. The van der Waals surface area contributed by atoms with Gasteiger partial charge in [0.2, 0.25) is 0 Å². The Balaban J connectivity index is 1.87. The lowest BCUT2D eigenvalue weighted by atomic mass is 10.2. The van der Waals surface area contributed by atoms with Crippen molar-refractivity contribution in [3.63, 3.8) is 0 Å². The number of aromatic nitrogens is 1. The van der Waals surface area contributed by atoms with Crippen LogP contribution in [0.15, 0.2) is 42.5 Å². The number of fused-ring (bicyclic) bond motifs is 1. The number of anilines is 3. The zero-order valence-corrected chi connectivity index (χ0v) is 12.7. The second kappa shape index (κ2) is 5.13. The molecule has 0 amide bonds. The first-order valence-electron chi connectivity index (χ1n) is 6.54. The van der Waals surface area contributed by atoms with Crippen LogP contribution in [0.3, 0.4) is 0 Å². The van der Waals surface area contributed by atoms with Crippen molar-refractivity contribution >= 4 is 38.1 Å². The molecule has 0 saturated heterocycles. The highest BCUT2D eigenvalue weighted by molar-refractivity contribution is 7.22. The molecule has 0 saturated carbocycles. The maximum Gasteiger partial charge on any atom is 0.188 e. The highest BCUT2D eigenvalue weighted by atomic mass is 32.1. The van der Waals surface area contributed by atoms with Gasteiger partial charge in [-0.25, -0.2) is 4.98 Å². The van der Waals surface area contributed by atoms with Crippen molar-refractivity contribution in [2.45, 2.75) is 6.92 Å². The van der Waals surface area contributed by atoms with Crippen molar-refractivity contribution in [3.8, 4) is 0 Å². The van der Waals surface area contributed by atoms with E-state index in [1.54, 1.807) is 11.3 Å². The quantitative estimate of drug-likeness (QED) is 0.771. The molecule has 4 heteroatoms. The van der Waals surface area contributed by atoms with E-state index in [1.807, 2.05) is 14.1 Å². The van der Waals surface area contributed by atoms with Crippen LogP contribution in [0.1, 0.15) is 5.56 Å². The van der Waals surface area contributed by atoms with Crippen LogP contribution in [0.4, 0.5) is 16.5 Å². The largest absolute Gasteiger partial charge is 0.378 e. The van der Waals surface area contributed by atoms with Crippen LogP contribution < -0.4 is 10.2 Å². The van der Waals surface area contributed by atoms with Crippen molar-refractivity contribution in [3.05, 3.63) is 48.0 Å². The summed E-state index contributed by atoms with van der Waals surface area (Å²) in [4.78, 5) is 6.75. The monoisotopic (exact) mass is 283 g/mol. The average Bonchev–Trinajstić information content (AvgIpc) is 2.83. The van der Waals surface area contributed by atoms with E-state index in [0.717, 1.165) is 16.3 Å². The molecule has 20 heavy (non-hydrogen) atoms. The molecule has 102 valence electrons. The molecule has 1 aromatic heterocycles. The zero-order chi connectivity index (χ0) is 14.1. The van der Waals surface area contributed by atoms with Crippen LogP contribution in [0, 0.1) is 6.92 Å². The van der Waals surface area contributed by atoms with Crippen LogP contribution in [0.25, 0.3) is 10.2 Å². The predicted octanol–water partition coefficient (Wildman–Crippen LogP) is 4.41. The minimum atomic E-state index is 0.937. The van der Waals surface area contributed by atoms with Crippen LogP contribution in [0.2, 0.25) is 0 Å². The molecule has 3 rings (SSSR count). The summed E-state index contributed by atoms with van der Waals surface area (Å²) in [5, 5.41) is 4.31. The fraction of sp³-hybridized carbons (Fsp3) is 0.188. The van der Waals surface area contributed by atoms with E-state index in [4.69, 9.17) is 0 Å². The number of aryl methyl sites for hydroxylation is 1. The number of benzene rings is 2. The van der Waals surface area contributed by atoms with E-state index in [2.05, 4.69) is 64.6 Å². The number of para-hydroxylation sites is 1. The van der Waals surface area contributed by atoms with Crippen LogP contribution in [0.5, 0.6) is 0 Å². The first-order chi connectivity index (χ1) is 9.63. The van der Waals surface area contributed by atoms with Gasteiger partial charge in [0, 0.05) is 25.5 Å². The molecule has 0 unspecified atom stereocenters. The Kier molecular flexibility index (Phi) is 3.32. The van der Waals surface area contributed by atoms with E-state index < -0.39 is 0 Å². The molecule has 0 atom stereocenters. The molecule has 2 aromatic carbocycles. The maximum atomic E-state index is 4.66. The van der Waals surface area contributed by atoms with E-state index >= 15 is 0 Å². The van der Waals surface area contributed by atoms with Gasteiger partial charge in [-0.3, -0.25) is 0 Å². The lowest BCUT2D eigenvalue weighted by Crippen LogP contribution is -2.08.